The minimum absolute atomic E-state index is 0.721. The quantitative estimate of drug-likeness (QED) is 0.609. The van der Waals surface area contributed by atoms with Crippen LogP contribution in [0.2, 0.25) is 0 Å². The molecule has 1 saturated carbocycles. The van der Waals surface area contributed by atoms with Crippen LogP contribution in [0.5, 0.6) is 0 Å². The Hall–Kier alpha value is -0.720. The maximum absolute atomic E-state index is 2.32. The van der Waals surface area contributed by atoms with Crippen LogP contribution in [-0.2, 0) is 0 Å². The van der Waals surface area contributed by atoms with Crippen molar-refractivity contribution in [1.29, 1.82) is 0 Å². The zero-order valence-electron chi connectivity index (χ0n) is 7.03. The van der Waals surface area contributed by atoms with E-state index in [0.29, 0.717) is 0 Å². The molecule has 1 aliphatic carbocycles. The Morgan fingerprint density at radius 1 is 1.27 bits per heavy atom. The first-order valence-corrected chi connectivity index (χ1v) is 4.50. The molecule has 0 N–H and O–H groups in total. The van der Waals surface area contributed by atoms with E-state index in [0.717, 1.165) is 12.0 Å². The molecule has 0 amide bonds. The van der Waals surface area contributed by atoms with Gasteiger partial charge < -0.3 is 4.57 Å². The van der Waals surface area contributed by atoms with Crippen LogP contribution in [0.25, 0.3) is 0 Å². The SMILES string of the molecule is CC(C1CCC1)n1cccc1. The lowest BCUT2D eigenvalue weighted by molar-refractivity contribution is 0.223. The summed E-state index contributed by atoms with van der Waals surface area (Å²) in [5.41, 5.74) is 0. The second kappa shape index (κ2) is 2.72. The van der Waals surface area contributed by atoms with E-state index in [1.807, 2.05) is 0 Å². The molecule has 1 heterocycles. The lowest BCUT2D eigenvalue weighted by Gasteiger charge is -2.32. The average Bonchev–Trinajstić information content (AvgIpc) is 2.32. The Morgan fingerprint density at radius 3 is 2.36 bits per heavy atom. The summed E-state index contributed by atoms with van der Waals surface area (Å²) in [4.78, 5) is 0. The Bertz CT molecular complexity index is 209. The molecule has 0 saturated heterocycles. The molecule has 1 fully saturated rings. The molecule has 1 aromatic rings. The predicted octanol–water partition coefficient (Wildman–Crippen LogP) is 2.85. The van der Waals surface area contributed by atoms with Crippen LogP contribution >= 0.6 is 0 Å². The number of hydrogen-bond acceptors (Lipinski definition) is 0. The highest BCUT2D eigenvalue weighted by Gasteiger charge is 2.24. The molecule has 2 rings (SSSR count). The molecule has 1 unspecified atom stereocenters. The minimum atomic E-state index is 0.721. The van der Waals surface area contributed by atoms with Gasteiger partial charge >= 0.3 is 0 Å². The lowest BCUT2D eigenvalue weighted by Crippen LogP contribution is -2.21. The Kier molecular flexibility index (Phi) is 1.72. The fourth-order valence-corrected chi connectivity index (χ4v) is 1.79. The lowest BCUT2D eigenvalue weighted by atomic mass is 9.80. The van der Waals surface area contributed by atoms with Gasteiger partial charge in [-0.15, -0.1) is 0 Å². The van der Waals surface area contributed by atoms with Crippen LogP contribution in [0, 0.1) is 5.92 Å². The fourth-order valence-electron chi connectivity index (χ4n) is 1.79. The molecular weight excluding hydrogens is 134 g/mol. The van der Waals surface area contributed by atoms with Crippen molar-refractivity contribution in [3.8, 4) is 0 Å². The highest BCUT2D eigenvalue weighted by molar-refractivity contribution is 4.94. The second-order valence-electron chi connectivity index (χ2n) is 3.56. The highest BCUT2D eigenvalue weighted by Crippen LogP contribution is 2.35. The first-order chi connectivity index (χ1) is 5.38. The molecule has 0 bridgehead atoms. The third-order valence-corrected chi connectivity index (χ3v) is 2.93. The molecule has 1 heteroatoms. The summed E-state index contributed by atoms with van der Waals surface area (Å²) in [7, 11) is 0. The summed E-state index contributed by atoms with van der Waals surface area (Å²) in [5.74, 6) is 0.947. The van der Waals surface area contributed by atoms with E-state index in [4.69, 9.17) is 0 Å². The summed E-state index contributed by atoms with van der Waals surface area (Å²) in [6, 6.07) is 4.93. The van der Waals surface area contributed by atoms with Crippen LogP contribution in [0.3, 0.4) is 0 Å². The van der Waals surface area contributed by atoms with Gasteiger partial charge in [-0.05, 0) is 37.8 Å². The summed E-state index contributed by atoms with van der Waals surface area (Å²) in [6.45, 7) is 2.32. The third kappa shape index (κ3) is 1.20. The van der Waals surface area contributed by atoms with Gasteiger partial charge in [0, 0.05) is 18.4 Å². The van der Waals surface area contributed by atoms with Gasteiger partial charge in [-0.25, -0.2) is 0 Å². The van der Waals surface area contributed by atoms with Crippen molar-refractivity contribution >= 4 is 0 Å². The number of hydrogen-bond donors (Lipinski definition) is 0. The number of rotatable bonds is 2. The fraction of sp³-hybridized carbons (Fsp3) is 0.600. The van der Waals surface area contributed by atoms with Crippen molar-refractivity contribution < 1.29 is 0 Å². The summed E-state index contributed by atoms with van der Waals surface area (Å²) >= 11 is 0. The van der Waals surface area contributed by atoms with Gasteiger partial charge in [-0.3, -0.25) is 0 Å². The van der Waals surface area contributed by atoms with E-state index < -0.39 is 0 Å². The largest absolute Gasteiger partial charge is 0.351 e. The van der Waals surface area contributed by atoms with Crippen molar-refractivity contribution in [2.24, 2.45) is 5.92 Å². The molecule has 11 heavy (non-hydrogen) atoms. The van der Waals surface area contributed by atoms with Crippen molar-refractivity contribution in [2.75, 3.05) is 0 Å². The summed E-state index contributed by atoms with van der Waals surface area (Å²) in [6.07, 6.45) is 8.64. The smallest absolute Gasteiger partial charge is 0.0330 e. The van der Waals surface area contributed by atoms with Crippen LogP contribution in [0.4, 0.5) is 0 Å². The monoisotopic (exact) mass is 149 g/mol. The second-order valence-corrected chi connectivity index (χ2v) is 3.56. The molecule has 1 atom stereocenters. The maximum atomic E-state index is 2.32. The van der Waals surface area contributed by atoms with Gasteiger partial charge in [0.1, 0.15) is 0 Å². The Balaban J connectivity index is 2.04. The maximum Gasteiger partial charge on any atom is 0.0330 e. The van der Waals surface area contributed by atoms with Crippen LogP contribution in [0.1, 0.15) is 32.2 Å². The van der Waals surface area contributed by atoms with Crippen LogP contribution < -0.4 is 0 Å². The third-order valence-electron chi connectivity index (χ3n) is 2.93. The molecule has 0 aliphatic heterocycles. The van der Waals surface area contributed by atoms with Gasteiger partial charge in [0.05, 0.1) is 0 Å². The van der Waals surface area contributed by atoms with E-state index in [1.54, 1.807) is 0 Å². The standard InChI is InChI=1S/C10H15N/c1-9(10-5-4-6-10)11-7-2-3-8-11/h2-3,7-10H,4-6H2,1H3. The molecule has 1 nitrogen and oxygen atoms in total. The van der Waals surface area contributed by atoms with Gasteiger partial charge in [0.15, 0.2) is 0 Å². The molecule has 60 valence electrons. The highest BCUT2D eigenvalue weighted by atomic mass is 15.0. The summed E-state index contributed by atoms with van der Waals surface area (Å²) in [5, 5.41) is 0. The zero-order valence-corrected chi connectivity index (χ0v) is 7.03. The van der Waals surface area contributed by atoms with Crippen LogP contribution in [-0.4, -0.2) is 4.57 Å². The van der Waals surface area contributed by atoms with Crippen LogP contribution in [0.15, 0.2) is 24.5 Å². The Labute approximate surface area is 68.0 Å². The van der Waals surface area contributed by atoms with Crippen molar-refractivity contribution in [3.63, 3.8) is 0 Å². The normalized spacial score (nSPS) is 21.2. The van der Waals surface area contributed by atoms with Crippen molar-refractivity contribution in [1.82, 2.24) is 4.57 Å². The van der Waals surface area contributed by atoms with E-state index >= 15 is 0 Å². The average molecular weight is 149 g/mol. The first kappa shape index (κ1) is 6.96. The molecule has 1 aromatic heterocycles. The van der Waals surface area contributed by atoms with E-state index in [2.05, 4.69) is 36.0 Å². The molecule has 0 radical (unpaired) electrons. The van der Waals surface area contributed by atoms with E-state index in [1.165, 1.54) is 19.3 Å². The minimum Gasteiger partial charge on any atom is -0.351 e. The predicted molar refractivity (Wildman–Crippen MR) is 46.5 cm³/mol. The Morgan fingerprint density at radius 2 is 1.91 bits per heavy atom. The van der Waals surface area contributed by atoms with Gasteiger partial charge in [0.2, 0.25) is 0 Å². The zero-order chi connectivity index (χ0) is 7.68. The molecule has 0 aromatic carbocycles. The molecule has 0 spiro atoms. The van der Waals surface area contributed by atoms with E-state index in [-0.39, 0.29) is 0 Å². The van der Waals surface area contributed by atoms with Gasteiger partial charge in [0.25, 0.3) is 0 Å². The summed E-state index contributed by atoms with van der Waals surface area (Å²) < 4.78 is 2.32. The number of aromatic nitrogens is 1. The van der Waals surface area contributed by atoms with Crippen molar-refractivity contribution in [2.45, 2.75) is 32.2 Å². The topological polar surface area (TPSA) is 4.93 Å². The van der Waals surface area contributed by atoms with E-state index in [9.17, 15) is 0 Å². The van der Waals surface area contributed by atoms with Crippen molar-refractivity contribution in [3.05, 3.63) is 24.5 Å². The van der Waals surface area contributed by atoms with Gasteiger partial charge in [-0.2, -0.15) is 0 Å². The van der Waals surface area contributed by atoms with Gasteiger partial charge in [-0.1, -0.05) is 6.42 Å². The molecular formula is C10H15N. The first-order valence-electron chi connectivity index (χ1n) is 4.50. The number of nitrogens with zero attached hydrogens (tertiary/aromatic N) is 1. The molecule has 1 aliphatic rings.